The number of aliphatic hydroxyl groups excluding tert-OH is 1. The first-order valence-corrected chi connectivity index (χ1v) is 13.6. The van der Waals surface area contributed by atoms with Crippen molar-refractivity contribution in [2.45, 2.75) is 77.0 Å². The van der Waals surface area contributed by atoms with Crippen LogP contribution in [0.25, 0.3) is 0 Å². The molecule has 1 heterocycles. The lowest BCUT2D eigenvalue weighted by molar-refractivity contribution is -0.159. The number of nitrogens with zero attached hydrogens (tertiary/aromatic N) is 1. The number of aliphatic carboxylic acids is 1. The smallest absolute Gasteiger partial charge is 0.310 e. The monoisotopic (exact) mass is 539 g/mol. The summed E-state index contributed by atoms with van der Waals surface area (Å²) in [5, 5.41) is 33.8. The summed E-state index contributed by atoms with van der Waals surface area (Å²) < 4.78 is 0. The van der Waals surface area contributed by atoms with Gasteiger partial charge in [0.2, 0.25) is 0 Å². The first-order chi connectivity index (χ1) is 17.7. The summed E-state index contributed by atoms with van der Waals surface area (Å²) in [5.41, 5.74) is -0.560. The lowest BCUT2D eigenvalue weighted by Crippen LogP contribution is -2.54. The lowest BCUT2D eigenvalue weighted by Gasteiger charge is -2.50. The number of halogens is 1. The van der Waals surface area contributed by atoms with Crippen LogP contribution in [-0.4, -0.2) is 44.9 Å². The third-order valence-corrected chi connectivity index (χ3v) is 8.80. The highest BCUT2D eigenvalue weighted by Gasteiger charge is 2.53. The van der Waals surface area contributed by atoms with Crippen molar-refractivity contribution in [3.63, 3.8) is 0 Å². The Balaban J connectivity index is 0.00000400. The number of carbonyl (C=O) groups is 1. The van der Waals surface area contributed by atoms with E-state index in [1.807, 2.05) is 79.7 Å². The third-order valence-electron chi connectivity index (χ3n) is 8.80. The van der Waals surface area contributed by atoms with E-state index in [0.717, 1.165) is 49.1 Å². The predicted octanol–water partition coefficient (Wildman–Crippen LogP) is 6.30. The number of carboxylic acids is 1. The van der Waals surface area contributed by atoms with Gasteiger partial charge in [-0.1, -0.05) is 86.2 Å². The van der Waals surface area contributed by atoms with Crippen molar-refractivity contribution in [3.8, 4) is 0 Å². The molecule has 1 fully saturated rings. The minimum absolute atomic E-state index is 0. The van der Waals surface area contributed by atoms with Crippen molar-refractivity contribution in [1.29, 1.82) is 0 Å². The van der Waals surface area contributed by atoms with Gasteiger partial charge in [-0.05, 0) is 63.2 Å². The van der Waals surface area contributed by atoms with Crippen LogP contribution in [0.4, 0.5) is 0 Å². The fraction of sp³-hybridized carbons (Fsp3) is 0.469. The molecule has 0 saturated carbocycles. The zero-order valence-electron chi connectivity index (χ0n) is 22.7. The van der Waals surface area contributed by atoms with E-state index in [-0.39, 0.29) is 18.4 Å². The Hall–Kier alpha value is -2.60. The van der Waals surface area contributed by atoms with E-state index < -0.39 is 28.5 Å². The van der Waals surface area contributed by atoms with Gasteiger partial charge >= 0.3 is 5.97 Å². The number of likely N-dealkylation sites (tertiary alicyclic amines) is 1. The van der Waals surface area contributed by atoms with Gasteiger partial charge in [0.05, 0.1) is 17.6 Å². The second kappa shape index (κ2) is 12.1. The second-order valence-electron chi connectivity index (χ2n) is 11.1. The molecule has 2 aromatic rings. The highest BCUT2D eigenvalue weighted by Crippen LogP contribution is 2.51. The zero-order valence-corrected chi connectivity index (χ0v) is 23.5. The molecule has 1 aliphatic carbocycles. The zero-order chi connectivity index (χ0) is 26.7. The maximum absolute atomic E-state index is 12.5. The minimum atomic E-state index is -1.21. The Labute approximate surface area is 233 Å². The summed E-state index contributed by atoms with van der Waals surface area (Å²) in [4.78, 5) is 14.6. The maximum atomic E-state index is 12.5. The number of hydrogen-bond acceptors (Lipinski definition) is 4. The Morgan fingerprint density at radius 2 is 1.63 bits per heavy atom. The molecule has 4 rings (SSSR count). The molecule has 38 heavy (non-hydrogen) atoms. The van der Waals surface area contributed by atoms with Crippen LogP contribution in [0, 0.1) is 10.8 Å². The van der Waals surface area contributed by atoms with Crippen LogP contribution < -0.4 is 0 Å². The van der Waals surface area contributed by atoms with Crippen molar-refractivity contribution in [2.75, 3.05) is 6.54 Å². The van der Waals surface area contributed by atoms with Crippen molar-refractivity contribution < 1.29 is 20.1 Å². The third kappa shape index (κ3) is 5.16. The highest BCUT2D eigenvalue weighted by atomic mass is 35.5. The van der Waals surface area contributed by atoms with E-state index in [9.17, 15) is 20.1 Å². The average Bonchev–Trinajstić information content (AvgIpc) is 2.93. The topological polar surface area (TPSA) is 81.0 Å². The van der Waals surface area contributed by atoms with E-state index in [4.69, 9.17) is 0 Å². The number of aliphatic hydroxyl groups is 2. The molecule has 0 radical (unpaired) electrons. The number of hydrogen-bond donors (Lipinski definition) is 3. The maximum Gasteiger partial charge on any atom is 0.310 e. The highest BCUT2D eigenvalue weighted by molar-refractivity contribution is 5.85. The molecular formula is C32H42ClNO4. The van der Waals surface area contributed by atoms with Gasteiger partial charge in [0.15, 0.2) is 0 Å². The molecule has 3 N–H and O–H groups in total. The molecule has 3 unspecified atom stereocenters. The van der Waals surface area contributed by atoms with Crippen LogP contribution in [0.3, 0.4) is 0 Å². The largest absolute Gasteiger partial charge is 0.481 e. The van der Waals surface area contributed by atoms with Gasteiger partial charge in [0.1, 0.15) is 5.60 Å². The molecule has 2 aliphatic rings. The molecule has 0 spiro atoms. The first-order valence-electron chi connectivity index (χ1n) is 13.6. The summed E-state index contributed by atoms with van der Waals surface area (Å²) >= 11 is 0. The molecule has 3 atom stereocenters. The van der Waals surface area contributed by atoms with Crippen LogP contribution in [0.15, 0.2) is 84.6 Å². The Kier molecular flexibility index (Phi) is 9.51. The fourth-order valence-corrected chi connectivity index (χ4v) is 6.32. The van der Waals surface area contributed by atoms with Crippen LogP contribution in [0.5, 0.6) is 0 Å². The van der Waals surface area contributed by atoms with Crippen LogP contribution >= 0.6 is 12.4 Å². The quantitative estimate of drug-likeness (QED) is 0.348. The summed E-state index contributed by atoms with van der Waals surface area (Å²) in [6.45, 7) is 6.23. The number of rotatable bonds is 9. The SMILES string of the molecule is CCCC(O)C1(C(C)(C)C(=O)O)C=CC(N2CCCCC2C(O)(c2ccccc2)c2ccccc2)=CC1.Cl. The number of benzene rings is 2. The van der Waals surface area contributed by atoms with Crippen LogP contribution in [-0.2, 0) is 10.4 Å². The predicted molar refractivity (Wildman–Crippen MR) is 154 cm³/mol. The first kappa shape index (κ1) is 29.9. The van der Waals surface area contributed by atoms with E-state index in [1.165, 1.54) is 0 Å². The van der Waals surface area contributed by atoms with Crippen molar-refractivity contribution >= 4 is 18.4 Å². The normalized spacial score (nSPS) is 22.8. The molecule has 0 bridgehead atoms. The van der Waals surface area contributed by atoms with Crippen molar-refractivity contribution in [2.24, 2.45) is 10.8 Å². The Morgan fingerprint density at radius 3 is 2.11 bits per heavy atom. The summed E-state index contributed by atoms with van der Waals surface area (Å²) in [5.74, 6) is -0.914. The van der Waals surface area contributed by atoms with Gasteiger partial charge in [-0.2, -0.15) is 0 Å². The van der Waals surface area contributed by atoms with Crippen LogP contribution in [0.1, 0.15) is 70.4 Å². The van der Waals surface area contributed by atoms with Gasteiger partial charge in [-0.15, -0.1) is 12.4 Å². The molecule has 1 saturated heterocycles. The van der Waals surface area contributed by atoms with E-state index in [1.54, 1.807) is 13.8 Å². The molecule has 5 nitrogen and oxygen atoms in total. The van der Waals surface area contributed by atoms with Gasteiger partial charge in [0, 0.05) is 17.7 Å². The Bertz CT molecular complexity index is 1090. The Morgan fingerprint density at radius 1 is 1.05 bits per heavy atom. The molecule has 6 heteroatoms. The molecule has 2 aromatic carbocycles. The van der Waals surface area contributed by atoms with E-state index in [2.05, 4.69) is 11.0 Å². The van der Waals surface area contributed by atoms with Gasteiger partial charge in [-0.3, -0.25) is 4.79 Å². The molecule has 0 aromatic heterocycles. The molecule has 1 aliphatic heterocycles. The summed E-state index contributed by atoms with van der Waals surface area (Å²) in [7, 11) is 0. The number of carboxylic acid groups (broad SMARTS) is 1. The standard InChI is InChI=1S/C32H41NO4.ClH/c1-4-13-28(34)31(30(2,3)29(35)36)21-19-26(20-22-31)33-23-12-11-18-27(33)32(37,24-14-7-5-8-15-24)25-16-9-6-10-17-25;/h5-10,14-17,19-21,27-28,34,37H,4,11-13,18,22-23H2,1-3H3,(H,35,36);1H. The van der Waals surface area contributed by atoms with Gasteiger partial charge in [0.25, 0.3) is 0 Å². The lowest BCUT2D eigenvalue weighted by atomic mass is 9.58. The minimum Gasteiger partial charge on any atom is -0.481 e. The molecular weight excluding hydrogens is 498 g/mol. The van der Waals surface area contributed by atoms with Crippen molar-refractivity contribution in [3.05, 3.63) is 95.7 Å². The van der Waals surface area contributed by atoms with Gasteiger partial charge in [-0.25, -0.2) is 0 Å². The molecule has 0 amide bonds. The second-order valence-corrected chi connectivity index (χ2v) is 11.1. The van der Waals surface area contributed by atoms with E-state index in [0.29, 0.717) is 12.8 Å². The molecule has 206 valence electrons. The van der Waals surface area contributed by atoms with Crippen LogP contribution in [0.2, 0.25) is 0 Å². The fourth-order valence-electron chi connectivity index (χ4n) is 6.32. The van der Waals surface area contributed by atoms with Gasteiger partial charge < -0.3 is 20.2 Å². The summed E-state index contributed by atoms with van der Waals surface area (Å²) in [6, 6.07) is 19.6. The van der Waals surface area contributed by atoms with E-state index >= 15 is 0 Å². The number of allylic oxidation sites excluding steroid dienone is 2. The van der Waals surface area contributed by atoms with Crippen molar-refractivity contribution in [1.82, 2.24) is 4.90 Å². The summed E-state index contributed by atoms with van der Waals surface area (Å²) in [6.07, 6.45) is 9.86. The number of piperidine rings is 1. The average molecular weight is 540 g/mol.